The summed E-state index contributed by atoms with van der Waals surface area (Å²) >= 11 is 1.51. The summed E-state index contributed by atoms with van der Waals surface area (Å²) in [6.45, 7) is 4.54. The number of carbonyl (C=O) groups excluding carboxylic acids is 1. The van der Waals surface area contributed by atoms with Crippen molar-refractivity contribution in [2.24, 2.45) is 0 Å². The van der Waals surface area contributed by atoms with Crippen molar-refractivity contribution in [1.82, 2.24) is 9.80 Å². The molecule has 1 atom stereocenters. The van der Waals surface area contributed by atoms with Crippen LogP contribution in [0.2, 0.25) is 0 Å². The molecule has 1 fully saturated rings. The summed E-state index contributed by atoms with van der Waals surface area (Å²) in [7, 11) is 0. The molecule has 0 unspecified atom stereocenters. The number of aliphatic carboxylic acids is 1. The topological polar surface area (TPSA) is 60.9 Å². The molecule has 6 heteroatoms. The van der Waals surface area contributed by atoms with Crippen molar-refractivity contribution in [3.63, 3.8) is 0 Å². The van der Waals surface area contributed by atoms with Crippen molar-refractivity contribution in [3.8, 4) is 0 Å². The minimum Gasteiger partial charge on any atom is -0.480 e. The maximum atomic E-state index is 12.3. The second-order valence-corrected chi connectivity index (χ2v) is 5.74. The Hall–Kier alpha value is -1.40. The molecule has 1 aromatic heterocycles. The summed E-state index contributed by atoms with van der Waals surface area (Å²) in [5.74, 6) is -0.721. The van der Waals surface area contributed by atoms with Crippen LogP contribution >= 0.6 is 11.3 Å². The van der Waals surface area contributed by atoms with Gasteiger partial charge in [0.2, 0.25) is 0 Å². The molecule has 1 saturated heterocycles. The molecule has 0 aromatic carbocycles. The van der Waals surface area contributed by atoms with E-state index in [-0.39, 0.29) is 5.91 Å². The Balaban J connectivity index is 1.98. The number of carbonyl (C=O) groups is 2. The van der Waals surface area contributed by atoms with E-state index in [0.717, 1.165) is 18.5 Å². The molecule has 1 N–H and O–H groups in total. The average Bonchev–Trinajstić information content (AvgIpc) is 2.85. The number of amides is 1. The molecule has 2 heterocycles. The highest BCUT2D eigenvalue weighted by atomic mass is 32.1. The van der Waals surface area contributed by atoms with Crippen molar-refractivity contribution in [2.45, 2.75) is 25.8 Å². The van der Waals surface area contributed by atoms with Crippen molar-refractivity contribution in [2.75, 3.05) is 26.2 Å². The van der Waals surface area contributed by atoms with Crippen molar-refractivity contribution >= 4 is 23.2 Å². The number of hydrogen-bond donors (Lipinski definition) is 1. The smallest absolute Gasteiger partial charge is 0.320 e. The zero-order chi connectivity index (χ0) is 14.5. The van der Waals surface area contributed by atoms with Gasteiger partial charge in [0.25, 0.3) is 5.91 Å². The fourth-order valence-electron chi connectivity index (χ4n) is 2.61. The van der Waals surface area contributed by atoms with Gasteiger partial charge in [0.1, 0.15) is 6.04 Å². The van der Waals surface area contributed by atoms with Gasteiger partial charge >= 0.3 is 5.97 Å². The van der Waals surface area contributed by atoms with Crippen LogP contribution in [0.4, 0.5) is 0 Å². The van der Waals surface area contributed by atoms with E-state index >= 15 is 0 Å². The summed E-state index contributed by atoms with van der Waals surface area (Å²) in [5, 5.41) is 13.0. The van der Waals surface area contributed by atoms with E-state index < -0.39 is 12.0 Å². The Bertz CT molecular complexity index is 461. The third-order valence-electron chi connectivity index (χ3n) is 3.70. The van der Waals surface area contributed by atoms with E-state index in [9.17, 15) is 14.7 Å². The van der Waals surface area contributed by atoms with E-state index in [1.165, 1.54) is 11.3 Å². The Morgan fingerprint density at radius 2 is 2.15 bits per heavy atom. The second kappa shape index (κ2) is 6.85. The maximum absolute atomic E-state index is 12.3. The molecule has 1 aliphatic rings. The van der Waals surface area contributed by atoms with Gasteiger partial charge in [0.15, 0.2) is 0 Å². The number of rotatable bonds is 4. The number of carboxylic acid groups (broad SMARTS) is 1. The molecule has 20 heavy (non-hydrogen) atoms. The molecule has 1 aromatic rings. The second-order valence-electron chi connectivity index (χ2n) is 4.96. The highest BCUT2D eigenvalue weighted by Crippen LogP contribution is 2.14. The normalized spacial score (nSPS) is 18.6. The molecule has 5 nitrogen and oxygen atoms in total. The summed E-state index contributed by atoms with van der Waals surface area (Å²) in [6.07, 6.45) is 1.41. The maximum Gasteiger partial charge on any atom is 0.320 e. The lowest BCUT2D eigenvalue weighted by Gasteiger charge is -2.26. The minimum absolute atomic E-state index is 0.0523. The first-order valence-electron chi connectivity index (χ1n) is 6.91. The van der Waals surface area contributed by atoms with Gasteiger partial charge in [-0.2, -0.15) is 11.3 Å². The summed E-state index contributed by atoms with van der Waals surface area (Å²) < 4.78 is 0. The van der Waals surface area contributed by atoms with Gasteiger partial charge in [-0.25, -0.2) is 0 Å². The van der Waals surface area contributed by atoms with Crippen LogP contribution in [0.1, 0.15) is 30.1 Å². The predicted molar refractivity (Wildman–Crippen MR) is 78.1 cm³/mol. The Morgan fingerprint density at radius 3 is 2.75 bits per heavy atom. The van der Waals surface area contributed by atoms with E-state index in [1.54, 1.807) is 0 Å². The highest BCUT2D eigenvalue weighted by Gasteiger charge is 2.27. The van der Waals surface area contributed by atoms with Gasteiger partial charge in [-0.1, -0.05) is 6.92 Å². The monoisotopic (exact) mass is 296 g/mol. The predicted octanol–water partition coefficient (Wildman–Crippen LogP) is 1.76. The lowest BCUT2D eigenvalue weighted by atomic mass is 10.2. The first kappa shape index (κ1) is 15.0. The van der Waals surface area contributed by atoms with Gasteiger partial charge in [-0.15, -0.1) is 0 Å². The molecule has 0 saturated carbocycles. The molecule has 0 aliphatic carbocycles. The zero-order valence-corrected chi connectivity index (χ0v) is 12.4. The van der Waals surface area contributed by atoms with Gasteiger partial charge in [-0.3, -0.25) is 14.5 Å². The van der Waals surface area contributed by atoms with Crippen LogP contribution in [0.25, 0.3) is 0 Å². The van der Waals surface area contributed by atoms with E-state index in [4.69, 9.17) is 0 Å². The van der Waals surface area contributed by atoms with E-state index in [2.05, 4.69) is 0 Å². The average molecular weight is 296 g/mol. The molecule has 1 aliphatic heterocycles. The van der Waals surface area contributed by atoms with Crippen LogP contribution in [0.5, 0.6) is 0 Å². The van der Waals surface area contributed by atoms with Gasteiger partial charge in [0.05, 0.1) is 5.56 Å². The first-order valence-corrected chi connectivity index (χ1v) is 7.86. The van der Waals surface area contributed by atoms with Crippen molar-refractivity contribution < 1.29 is 14.7 Å². The van der Waals surface area contributed by atoms with Crippen LogP contribution in [0.3, 0.4) is 0 Å². The van der Waals surface area contributed by atoms with Crippen molar-refractivity contribution in [3.05, 3.63) is 22.4 Å². The lowest BCUT2D eigenvalue weighted by Crippen LogP contribution is -2.43. The Kier molecular flexibility index (Phi) is 5.14. The summed E-state index contributed by atoms with van der Waals surface area (Å²) in [5.41, 5.74) is 0.730. The highest BCUT2D eigenvalue weighted by molar-refractivity contribution is 7.08. The molecular formula is C14H20N2O3S. The lowest BCUT2D eigenvalue weighted by molar-refractivity contribution is -0.143. The van der Waals surface area contributed by atoms with Gasteiger partial charge < -0.3 is 10.0 Å². The Labute approximate surface area is 122 Å². The number of carboxylic acids is 1. The Morgan fingerprint density at radius 1 is 1.35 bits per heavy atom. The third kappa shape index (κ3) is 3.37. The van der Waals surface area contributed by atoms with Crippen LogP contribution in [0.15, 0.2) is 16.8 Å². The molecule has 2 rings (SSSR count). The number of thiophene rings is 1. The van der Waals surface area contributed by atoms with Crippen molar-refractivity contribution in [1.29, 1.82) is 0 Å². The van der Waals surface area contributed by atoms with Crippen LogP contribution in [0, 0.1) is 0 Å². The summed E-state index contributed by atoms with van der Waals surface area (Å²) in [6, 6.07) is 1.40. The third-order valence-corrected chi connectivity index (χ3v) is 4.38. The quantitative estimate of drug-likeness (QED) is 0.919. The molecule has 0 spiro atoms. The fraction of sp³-hybridized carbons (Fsp3) is 0.571. The minimum atomic E-state index is -0.773. The first-order chi connectivity index (χ1) is 9.63. The van der Waals surface area contributed by atoms with Gasteiger partial charge in [-0.05, 0) is 24.3 Å². The molecule has 0 radical (unpaired) electrons. The molecular weight excluding hydrogens is 276 g/mol. The molecule has 110 valence electrons. The standard InChI is InChI=1S/C14H20N2O3S/c1-2-12(14(18)19)15-5-3-6-16(8-7-15)13(17)11-4-9-20-10-11/h4,9-10,12H,2-3,5-8H2,1H3,(H,18,19)/t12-/m1/s1. The zero-order valence-electron chi connectivity index (χ0n) is 11.6. The fourth-order valence-corrected chi connectivity index (χ4v) is 3.24. The SMILES string of the molecule is CC[C@H](C(=O)O)N1CCCN(C(=O)c2ccsc2)CC1. The van der Waals surface area contributed by atoms with Gasteiger partial charge in [0, 0.05) is 31.6 Å². The van der Waals surface area contributed by atoms with Crippen LogP contribution in [-0.2, 0) is 4.79 Å². The molecule has 1 amide bonds. The largest absolute Gasteiger partial charge is 0.480 e. The van der Waals surface area contributed by atoms with Crippen LogP contribution < -0.4 is 0 Å². The number of hydrogen-bond acceptors (Lipinski definition) is 4. The number of nitrogens with zero attached hydrogens (tertiary/aromatic N) is 2. The summed E-state index contributed by atoms with van der Waals surface area (Å²) in [4.78, 5) is 27.3. The van der Waals surface area contributed by atoms with Crippen LogP contribution in [-0.4, -0.2) is 59.0 Å². The van der Waals surface area contributed by atoms with E-state index in [1.807, 2.05) is 33.6 Å². The molecule has 0 bridgehead atoms. The van der Waals surface area contributed by atoms with E-state index in [0.29, 0.717) is 26.1 Å².